The highest BCUT2D eigenvalue weighted by Gasteiger charge is 2.24. The van der Waals surface area contributed by atoms with Gasteiger partial charge in [-0.25, -0.2) is 0 Å². The van der Waals surface area contributed by atoms with Gasteiger partial charge in [-0.05, 0) is 42.8 Å². The van der Waals surface area contributed by atoms with Crippen molar-refractivity contribution >= 4 is 45.4 Å². The van der Waals surface area contributed by atoms with Crippen LogP contribution in [0.5, 0.6) is 5.75 Å². The zero-order chi connectivity index (χ0) is 17.6. The third-order valence-corrected chi connectivity index (χ3v) is 5.32. The first-order chi connectivity index (χ1) is 12.2. The normalized spacial score (nSPS) is 15.8. The summed E-state index contributed by atoms with van der Waals surface area (Å²) < 4.78 is 5.16. The number of methoxy groups -OCH3 is 1. The van der Waals surface area contributed by atoms with E-state index in [1.54, 1.807) is 18.9 Å². The summed E-state index contributed by atoms with van der Waals surface area (Å²) in [5.74, 6) is 1.79. The van der Waals surface area contributed by atoms with E-state index < -0.39 is 0 Å². The van der Waals surface area contributed by atoms with Crippen LogP contribution in [0.2, 0.25) is 0 Å². The lowest BCUT2D eigenvalue weighted by molar-refractivity contribution is 0.100. The first-order valence-corrected chi connectivity index (χ1v) is 9.40. The van der Waals surface area contributed by atoms with E-state index in [2.05, 4.69) is 6.92 Å². The lowest BCUT2D eigenvalue weighted by Crippen LogP contribution is -2.33. The maximum Gasteiger partial charge on any atom is 0.182 e. The summed E-state index contributed by atoms with van der Waals surface area (Å²) in [4.78, 5) is 19.6. The lowest BCUT2D eigenvalue weighted by Gasteiger charge is -2.23. The average Bonchev–Trinajstić information content (AvgIpc) is 3.15. The van der Waals surface area contributed by atoms with E-state index in [0.29, 0.717) is 11.6 Å². The second-order valence-electron chi connectivity index (χ2n) is 5.86. The van der Waals surface area contributed by atoms with E-state index in [-0.39, 0.29) is 29.3 Å². The average molecular weight is 435 g/mol. The summed E-state index contributed by atoms with van der Waals surface area (Å²) in [5, 5.41) is 0.930. The molecule has 0 spiro atoms. The summed E-state index contributed by atoms with van der Waals surface area (Å²) in [6, 6.07) is 17.6. The van der Waals surface area contributed by atoms with Gasteiger partial charge in [-0.15, -0.1) is 17.0 Å². The minimum Gasteiger partial charge on any atom is -0.497 e. The van der Waals surface area contributed by atoms with Crippen LogP contribution in [-0.2, 0) is 0 Å². The number of hydrogen-bond donors (Lipinski definition) is 0. The van der Waals surface area contributed by atoms with Crippen molar-refractivity contribution in [2.75, 3.05) is 24.3 Å². The minimum absolute atomic E-state index is 0. The van der Waals surface area contributed by atoms with E-state index in [9.17, 15) is 4.79 Å². The van der Waals surface area contributed by atoms with Crippen molar-refractivity contribution in [3.8, 4) is 5.75 Å². The van der Waals surface area contributed by atoms with Crippen molar-refractivity contribution in [2.24, 2.45) is 4.99 Å². The Balaban J connectivity index is 0.00000243. The van der Waals surface area contributed by atoms with Crippen molar-refractivity contribution in [1.29, 1.82) is 0 Å². The van der Waals surface area contributed by atoms with Crippen molar-refractivity contribution in [1.82, 2.24) is 0 Å². The Morgan fingerprint density at radius 1 is 1.19 bits per heavy atom. The smallest absolute Gasteiger partial charge is 0.182 e. The molecule has 1 aliphatic heterocycles. The largest absolute Gasteiger partial charge is 0.497 e. The maximum absolute atomic E-state index is 12.8. The molecule has 1 aliphatic rings. The van der Waals surface area contributed by atoms with E-state index in [4.69, 9.17) is 9.73 Å². The second-order valence-corrected chi connectivity index (χ2v) is 6.85. The molecule has 0 aromatic heterocycles. The predicted molar refractivity (Wildman–Crippen MR) is 115 cm³/mol. The van der Waals surface area contributed by atoms with Crippen molar-refractivity contribution < 1.29 is 9.53 Å². The van der Waals surface area contributed by atoms with Crippen LogP contribution >= 0.6 is 28.7 Å². The highest BCUT2D eigenvalue weighted by atomic mass is 79.9. The molecule has 0 saturated heterocycles. The van der Waals surface area contributed by atoms with Gasteiger partial charge >= 0.3 is 0 Å². The molecule has 0 bridgehead atoms. The van der Waals surface area contributed by atoms with Gasteiger partial charge in [-0.2, -0.15) is 0 Å². The number of nitrogens with zero attached hydrogens (tertiary/aromatic N) is 2. The van der Waals surface area contributed by atoms with Crippen LogP contribution in [0.1, 0.15) is 23.7 Å². The Morgan fingerprint density at radius 2 is 1.88 bits per heavy atom. The first-order valence-electron chi connectivity index (χ1n) is 8.41. The summed E-state index contributed by atoms with van der Waals surface area (Å²) >= 11 is 1.72. The van der Waals surface area contributed by atoms with Gasteiger partial charge in [0.1, 0.15) is 5.75 Å². The van der Waals surface area contributed by atoms with E-state index in [1.165, 1.54) is 0 Å². The standard InChI is InChI=1S/C20H22N2O2S.BrH/c1-3-16-14-25-20(21-16)22(17-7-5-4-6-8-17)13-19(23)15-9-11-18(24-2)12-10-15;/h4-12,16H,3,13-14H2,1-2H3;1H. The number of Topliss-reactive ketones (excluding diaryl/α,β-unsaturated/α-hetero) is 1. The number of anilines is 1. The molecule has 3 rings (SSSR count). The van der Waals surface area contributed by atoms with Crippen LogP contribution in [0.3, 0.4) is 0 Å². The van der Waals surface area contributed by atoms with E-state index in [0.717, 1.165) is 28.8 Å². The number of para-hydroxylation sites is 1. The number of carbonyl (C=O) groups excluding carboxylic acids is 1. The minimum atomic E-state index is 0. The molecule has 1 unspecified atom stereocenters. The van der Waals surface area contributed by atoms with Crippen molar-refractivity contribution in [2.45, 2.75) is 19.4 Å². The van der Waals surface area contributed by atoms with Gasteiger partial charge in [-0.3, -0.25) is 9.79 Å². The molecule has 0 fully saturated rings. The lowest BCUT2D eigenvalue weighted by atomic mass is 10.1. The number of aliphatic imine (C=N–C) groups is 1. The first kappa shape index (κ1) is 20.5. The number of halogens is 1. The van der Waals surface area contributed by atoms with Gasteiger partial charge < -0.3 is 9.64 Å². The topological polar surface area (TPSA) is 41.9 Å². The van der Waals surface area contributed by atoms with Gasteiger partial charge in [0.05, 0.1) is 19.7 Å². The molecule has 0 N–H and O–H groups in total. The van der Waals surface area contributed by atoms with Gasteiger partial charge in [0.25, 0.3) is 0 Å². The van der Waals surface area contributed by atoms with Crippen molar-refractivity contribution in [3.63, 3.8) is 0 Å². The van der Waals surface area contributed by atoms with Crippen LogP contribution in [0, 0.1) is 0 Å². The van der Waals surface area contributed by atoms with E-state index >= 15 is 0 Å². The number of benzene rings is 2. The van der Waals surface area contributed by atoms with Crippen molar-refractivity contribution in [3.05, 3.63) is 60.2 Å². The third kappa shape index (κ3) is 4.89. The molecule has 1 atom stereocenters. The number of carbonyl (C=O) groups is 1. The Hall–Kier alpha value is -1.79. The Kier molecular flexibility index (Phi) is 7.72. The van der Waals surface area contributed by atoms with Gasteiger partial charge in [-0.1, -0.05) is 36.9 Å². The van der Waals surface area contributed by atoms with Crippen LogP contribution in [-0.4, -0.2) is 36.4 Å². The van der Waals surface area contributed by atoms with Gasteiger partial charge in [0, 0.05) is 17.0 Å². The quantitative estimate of drug-likeness (QED) is 0.609. The number of ether oxygens (including phenoxy) is 1. The number of ketones is 1. The molecule has 138 valence electrons. The number of thioether (sulfide) groups is 1. The molecule has 2 aromatic rings. The Labute approximate surface area is 169 Å². The van der Waals surface area contributed by atoms with Crippen LogP contribution < -0.4 is 9.64 Å². The van der Waals surface area contributed by atoms with Gasteiger partial charge in [0.15, 0.2) is 11.0 Å². The number of hydrogen-bond acceptors (Lipinski definition) is 5. The number of rotatable bonds is 6. The third-order valence-electron chi connectivity index (χ3n) is 4.18. The Morgan fingerprint density at radius 3 is 2.46 bits per heavy atom. The molecule has 0 aliphatic carbocycles. The second kappa shape index (κ2) is 9.78. The fourth-order valence-corrected chi connectivity index (χ4v) is 3.85. The van der Waals surface area contributed by atoms with Crippen LogP contribution in [0.25, 0.3) is 0 Å². The number of amidine groups is 1. The molecule has 4 nitrogen and oxygen atoms in total. The molecule has 2 aromatic carbocycles. The molecule has 0 radical (unpaired) electrons. The molecule has 1 heterocycles. The fraction of sp³-hybridized carbons (Fsp3) is 0.300. The zero-order valence-electron chi connectivity index (χ0n) is 14.9. The SMILES string of the molecule is Br.CCC1CSC(N(CC(=O)c2ccc(OC)cc2)c2ccccc2)=N1. The zero-order valence-corrected chi connectivity index (χ0v) is 17.5. The molecular weight excluding hydrogens is 412 g/mol. The van der Waals surface area contributed by atoms with Gasteiger partial charge in [0.2, 0.25) is 0 Å². The summed E-state index contributed by atoms with van der Waals surface area (Å²) in [6.45, 7) is 2.42. The summed E-state index contributed by atoms with van der Waals surface area (Å²) in [7, 11) is 1.62. The summed E-state index contributed by atoms with van der Waals surface area (Å²) in [5.41, 5.74) is 1.67. The maximum atomic E-state index is 12.8. The molecule has 6 heteroatoms. The van der Waals surface area contributed by atoms with Crippen LogP contribution in [0.4, 0.5) is 5.69 Å². The fourth-order valence-electron chi connectivity index (χ4n) is 2.65. The molecule has 26 heavy (non-hydrogen) atoms. The highest BCUT2D eigenvalue weighted by molar-refractivity contribution is 8.93. The Bertz CT molecular complexity index is 750. The molecular formula is C20H23BrN2O2S. The van der Waals surface area contributed by atoms with Crippen LogP contribution in [0.15, 0.2) is 59.6 Å². The van der Waals surface area contributed by atoms with E-state index in [1.807, 2.05) is 59.5 Å². The molecule has 0 saturated carbocycles. The molecule has 0 amide bonds. The summed E-state index contributed by atoms with van der Waals surface area (Å²) in [6.07, 6.45) is 1.02. The monoisotopic (exact) mass is 434 g/mol. The predicted octanol–water partition coefficient (Wildman–Crippen LogP) is 4.84. The highest BCUT2D eigenvalue weighted by Crippen LogP contribution is 2.27.